The van der Waals surface area contributed by atoms with Crippen molar-refractivity contribution < 1.29 is 4.79 Å². The van der Waals surface area contributed by atoms with Crippen LogP contribution in [0, 0.1) is 5.41 Å². The largest absolute Gasteiger partial charge is 0.356 e. The van der Waals surface area contributed by atoms with Crippen LogP contribution in [0.5, 0.6) is 0 Å². The number of hydrogen-bond donors (Lipinski definition) is 2. The van der Waals surface area contributed by atoms with Gasteiger partial charge in [0, 0.05) is 19.0 Å². The van der Waals surface area contributed by atoms with Gasteiger partial charge in [-0.2, -0.15) is 0 Å². The van der Waals surface area contributed by atoms with Gasteiger partial charge in [0.15, 0.2) is 0 Å². The van der Waals surface area contributed by atoms with E-state index in [4.69, 9.17) is 5.73 Å². The molecule has 3 heteroatoms. The van der Waals surface area contributed by atoms with Crippen molar-refractivity contribution in [1.82, 2.24) is 5.32 Å². The number of hydrogen-bond acceptors (Lipinski definition) is 2. The van der Waals surface area contributed by atoms with Crippen molar-refractivity contribution in [2.75, 3.05) is 6.54 Å². The topological polar surface area (TPSA) is 55.1 Å². The maximum Gasteiger partial charge on any atom is 0.221 e. The first-order valence-electron chi connectivity index (χ1n) is 6.40. The van der Waals surface area contributed by atoms with E-state index < -0.39 is 0 Å². The van der Waals surface area contributed by atoms with Gasteiger partial charge in [-0.25, -0.2) is 0 Å². The van der Waals surface area contributed by atoms with Gasteiger partial charge >= 0.3 is 0 Å². The molecule has 0 fully saturated rings. The van der Waals surface area contributed by atoms with Crippen LogP contribution in [-0.2, 0) is 4.79 Å². The fourth-order valence-electron chi connectivity index (χ4n) is 1.36. The Hall–Kier alpha value is -0.570. The number of amides is 1. The Bertz CT molecular complexity index is 197. The molecule has 3 nitrogen and oxygen atoms in total. The van der Waals surface area contributed by atoms with Gasteiger partial charge in [-0.1, -0.05) is 47.0 Å². The molecule has 0 aliphatic rings. The quantitative estimate of drug-likeness (QED) is 0.658. The van der Waals surface area contributed by atoms with Crippen molar-refractivity contribution in [2.45, 2.75) is 65.8 Å². The minimum Gasteiger partial charge on any atom is -0.356 e. The lowest BCUT2D eigenvalue weighted by Crippen LogP contribution is -2.40. The van der Waals surface area contributed by atoms with Crippen LogP contribution in [0.4, 0.5) is 0 Å². The summed E-state index contributed by atoms with van der Waals surface area (Å²) in [7, 11) is 0. The standard InChI is InChI=1S/C13H28N2O/c1-5-6-7-8-9-15-12(16)10-11(14)13(2,3)4/h11H,5-10,14H2,1-4H3,(H,15,16). The molecule has 0 aromatic heterocycles. The average molecular weight is 228 g/mol. The summed E-state index contributed by atoms with van der Waals surface area (Å²) < 4.78 is 0. The van der Waals surface area contributed by atoms with Crippen LogP contribution in [0.2, 0.25) is 0 Å². The number of nitrogens with one attached hydrogen (secondary N) is 1. The molecule has 0 saturated heterocycles. The Labute approximate surface area is 100 Å². The highest BCUT2D eigenvalue weighted by molar-refractivity contribution is 5.76. The van der Waals surface area contributed by atoms with E-state index in [9.17, 15) is 4.79 Å². The predicted octanol–water partition coefficient (Wildman–Crippen LogP) is 2.45. The molecule has 0 bridgehead atoms. The molecule has 0 aliphatic heterocycles. The molecule has 16 heavy (non-hydrogen) atoms. The van der Waals surface area contributed by atoms with E-state index in [1.807, 2.05) is 0 Å². The summed E-state index contributed by atoms with van der Waals surface area (Å²) in [5, 5.41) is 2.93. The molecule has 0 heterocycles. The number of carbonyl (C=O) groups is 1. The van der Waals surface area contributed by atoms with Gasteiger partial charge in [-0.3, -0.25) is 4.79 Å². The van der Waals surface area contributed by atoms with Crippen molar-refractivity contribution in [1.29, 1.82) is 0 Å². The van der Waals surface area contributed by atoms with Crippen molar-refractivity contribution in [3.8, 4) is 0 Å². The van der Waals surface area contributed by atoms with E-state index in [-0.39, 0.29) is 17.4 Å². The Balaban J connectivity index is 3.59. The number of nitrogens with two attached hydrogens (primary N) is 1. The van der Waals surface area contributed by atoms with Gasteiger partial charge in [0.2, 0.25) is 5.91 Å². The molecule has 1 atom stereocenters. The van der Waals surface area contributed by atoms with Gasteiger partial charge in [0.1, 0.15) is 0 Å². The molecule has 0 aromatic rings. The summed E-state index contributed by atoms with van der Waals surface area (Å²) >= 11 is 0. The summed E-state index contributed by atoms with van der Waals surface area (Å²) in [6, 6.07) is -0.0665. The van der Waals surface area contributed by atoms with Crippen molar-refractivity contribution >= 4 is 5.91 Å². The smallest absolute Gasteiger partial charge is 0.221 e. The summed E-state index contributed by atoms with van der Waals surface area (Å²) in [6.45, 7) is 9.15. The van der Waals surface area contributed by atoms with E-state index >= 15 is 0 Å². The van der Waals surface area contributed by atoms with Crippen molar-refractivity contribution in [3.63, 3.8) is 0 Å². The second kappa shape index (κ2) is 7.66. The first-order valence-corrected chi connectivity index (χ1v) is 6.40. The molecular formula is C13H28N2O. The maximum atomic E-state index is 11.5. The molecule has 0 aromatic carbocycles. The molecule has 1 unspecified atom stereocenters. The van der Waals surface area contributed by atoms with Crippen LogP contribution in [-0.4, -0.2) is 18.5 Å². The average Bonchev–Trinajstić information content (AvgIpc) is 2.16. The Morgan fingerprint density at radius 2 is 1.88 bits per heavy atom. The normalized spacial score (nSPS) is 13.6. The zero-order valence-electron chi connectivity index (χ0n) is 11.3. The Kier molecular flexibility index (Phi) is 7.39. The first kappa shape index (κ1) is 15.4. The third-order valence-corrected chi connectivity index (χ3v) is 2.87. The molecule has 0 rings (SSSR count). The zero-order valence-corrected chi connectivity index (χ0v) is 11.3. The monoisotopic (exact) mass is 228 g/mol. The molecule has 0 spiro atoms. The minimum absolute atomic E-state index is 0.000446. The predicted molar refractivity (Wildman–Crippen MR) is 69.2 cm³/mol. The lowest BCUT2D eigenvalue weighted by molar-refractivity contribution is -0.121. The highest BCUT2D eigenvalue weighted by Crippen LogP contribution is 2.19. The van der Waals surface area contributed by atoms with Crippen molar-refractivity contribution in [3.05, 3.63) is 0 Å². The lowest BCUT2D eigenvalue weighted by Gasteiger charge is -2.26. The van der Waals surface area contributed by atoms with Gasteiger partial charge in [0.05, 0.1) is 0 Å². The summed E-state index contributed by atoms with van der Waals surface area (Å²) in [6.07, 6.45) is 5.17. The third-order valence-electron chi connectivity index (χ3n) is 2.87. The van der Waals surface area contributed by atoms with Gasteiger partial charge in [-0.15, -0.1) is 0 Å². The first-order chi connectivity index (χ1) is 7.38. The van der Waals surface area contributed by atoms with Crippen LogP contribution in [0.25, 0.3) is 0 Å². The Morgan fingerprint density at radius 1 is 1.25 bits per heavy atom. The van der Waals surface area contributed by atoms with E-state index in [0.29, 0.717) is 6.42 Å². The fourth-order valence-corrected chi connectivity index (χ4v) is 1.36. The van der Waals surface area contributed by atoms with Gasteiger partial charge < -0.3 is 11.1 Å². The summed E-state index contributed by atoms with van der Waals surface area (Å²) in [4.78, 5) is 11.5. The van der Waals surface area contributed by atoms with E-state index in [2.05, 4.69) is 33.0 Å². The van der Waals surface area contributed by atoms with Crippen LogP contribution in [0.15, 0.2) is 0 Å². The molecule has 96 valence electrons. The molecule has 1 amide bonds. The van der Waals surface area contributed by atoms with E-state index in [1.165, 1.54) is 19.3 Å². The highest BCUT2D eigenvalue weighted by atomic mass is 16.1. The minimum atomic E-state index is -0.0665. The van der Waals surface area contributed by atoms with Crippen LogP contribution >= 0.6 is 0 Å². The molecule has 0 aliphatic carbocycles. The molecule has 3 N–H and O–H groups in total. The summed E-state index contributed by atoms with van der Waals surface area (Å²) in [5.74, 6) is 0.0823. The third kappa shape index (κ3) is 7.69. The molecule has 0 saturated carbocycles. The zero-order chi connectivity index (χ0) is 12.6. The lowest BCUT2D eigenvalue weighted by atomic mass is 9.85. The van der Waals surface area contributed by atoms with Crippen molar-refractivity contribution in [2.24, 2.45) is 11.1 Å². The number of unbranched alkanes of at least 4 members (excludes halogenated alkanes) is 3. The molecular weight excluding hydrogens is 200 g/mol. The van der Waals surface area contributed by atoms with Gasteiger partial charge in [-0.05, 0) is 11.8 Å². The second-order valence-corrected chi connectivity index (χ2v) is 5.59. The second-order valence-electron chi connectivity index (χ2n) is 5.59. The van der Waals surface area contributed by atoms with Crippen LogP contribution in [0.3, 0.4) is 0 Å². The highest BCUT2D eigenvalue weighted by Gasteiger charge is 2.22. The van der Waals surface area contributed by atoms with E-state index in [0.717, 1.165) is 13.0 Å². The SMILES string of the molecule is CCCCCCNC(=O)CC(N)C(C)(C)C. The summed E-state index contributed by atoms with van der Waals surface area (Å²) in [5.41, 5.74) is 5.94. The number of rotatable bonds is 7. The van der Waals surface area contributed by atoms with Crippen LogP contribution < -0.4 is 11.1 Å². The van der Waals surface area contributed by atoms with Crippen LogP contribution in [0.1, 0.15) is 59.8 Å². The molecule has 0 radical (unpaired) electrons. The maximum absolute atomic E-state index is 11.5. The Morgan fingerprint density at radius 3 is 2.38 bits per heavy atom. The van der Waals surface area contributed by atoms with Gasteiger partial charge in [0.25, 0.3) is 0 Å². The fraction of sp³-hybridized carbons (Fsp3) is 0.923. The number of carbonyl (C=O) groups excluding carboxylic acids is 1. The van der Waals surface area contributed by atoms with E-state index in [1.54, 1.807) is 0 Å².